The fourth-order valence-electron chi connectivity index (χ4n) is 2.67. The van der Waals surface area contributed by atoms with Crippen molar-refractivity contribution in [2.75, 3.05) is 0 Å². The summed E-state index contributed by atoms with van der Waals surface area (Å²) in [7, 11) is 0. The van der Waals surface area contributed by atoms with Crippen LogP contribution < -0.4 is 11.1 Å². The fourth-order valence-corrected chi connectivity index (χ4v) is 3.64. The zero-order chi connectivity index (χ0) is 14.9. The van der Waals surface area contributed by atoms with Gasteiger partial charge in [0.05, 0.1) is 11.2 Å². The van der Waals surface area contributed by atoms with Crippen LogP contribution in [0.3, 0.4) is 0 Å². The molecule has 5 heteroatoms. The minimum atomic E-state index is -0.414. The van der Waals surface area contributed by atoms with Gasteiger partial charge in [0.1, 0.15) is 5.01 Å². The van der Waals surface area contributed by atoms with Gasteiger partial charge in [0.25, 0.3) is 0 Å². The molecule has 1 aromatic rings. The van der Waals surface area contributed by atoms with Crippen molar-refractivity contribution in [3.8, 4) is 0 Å². The number of hydrogen-bond donors (Lipinski definition) is 2. The smallest absolute Gasteiger partial charge is 0.223 e. The molecule has 0 radical (unpaired) electrons. The van der Waals surface area contributed by atoms with Gasteiger partial charge in [-0.15, -0.1) is 11.3 Å². The summed E-state index contributed by atoms with van der Waals surface area (Å²) >= 11 is 1.66. The Labute approximate surface area is 125 Å². The molecule has 1 saturated carbocycles. The minimum Gasteiger partial charge on any atom is -0.344 e. The summed E-state index contributed by atoms with van der Waals surface area (Å²) in [6.07, 6.45) is 3.84. The van der Waals surface area contributed by atoms with E-state index in [0.29, 0.717) is 0 Å². The predicted molar refractivity (Wildman–Crippen MR) is 82.7 cm³/mol. The van der Waals surface area contributed by atoms with Crippen molar-refractivity contribution in [1.82, 2.24) is 10.3 Å². The van der Waals surface area contributed by atoms with Gasteiger partial charge in [0.15, 0.2) is 0 Å². The Kier molecular flexibility index (Phi) is 4.49. The Morgan fingerprint density at radius 2 is 2.10 bits per heavy atom. The Morgan fingerprint density at radius 1 is 1.40 bits per heavy atom. The Morgan fingerprint density at radius 3 is 2.65 bits per heavy atom. The number of hydrogen-bond acceptors (Lipinski definition) is 4. The maximum absolute atomic E-state index is 12.4. The van der Waals surface area contributed by atoms with Gasteiger partial charge in [-0.2, -0.15) is 0 Å². The van der Waals surface area contributed by atoms with Crippen LogP contribution in [0.5, 0.6) is 0 Å². The number of thiazole rings is 1. The standard InChI is InChI=1S/C15H25N3OS/c1-9-10(2)20-14(17-9)15(3,4)18-13(19)11-6-5-7-12(16)8-11/h11-12H,5-8,16H2,1-4H3,(H,18,19). The van der Waals surface area contributed by atoms with Crippen molar-refractivity contribution in [2.24, 2.45) is 11.7 Å². The third-order valence-electron chi connectivity index (χ3n) is 4.08. The second kappa shape index (κ2) is 5.82. The summed E-state index contributed by atoms with van der Waals surface area (Å²) in [4.78, 5) is 18.2. The summed E-state index contributed by atoms with van der Waals surface area (Å²) in [6, 6.07) is 0.173. The lowest BCUT2D eigenvalue weighted by Gasteiger charge is -2.30. The van der Waals surface area contributed by atoms with Gasteiger partial charge in [0.2, 0.25) is 5.91 Å². The van der Waals surface area contributed by atoms with E-state index < -0.39 is 5.54 Å². The number of rotatable bonds is 3. The molecule has 20 heavy (non-hydrogen) atoms. The predicted octanol–water partition coefficient (Wildman–Crippen LogP) is 2.63. The second-order valence-corrected chi connectivity index (χ2v) is 7.60. The zero-order valence-corrected chi connectivity index (χ0v) is 13.6. The lowest BCUT2D eigenvalue weighted by molar-refractivity contribution is -0.127. The van der Waals surface area contributed by atoms with Crippen LogP contribution in [0.25, 0.3) is 0 Å². The summed E-state index contributed by atoms with van der Waals surface area (Å²) in [6.45, 7) is 8.11. The molecule has 2 atom stereocenters. The summed E-state index contributed by atoms with van der Waals surface area (Å²) in [5.41, 5.74) is 6.60. The average Bonchev–Trinajstić information content (AvgIpc) is 2.70. The van der Waals surface area contributed by atoms with Gasteiger partial charge in [-0.25, -0.2) is 4.98 Å². The van der Waals surface area contributed by atoms with Gasteiger partial charge in [-0.05, 0) is 47.0 Å². The maximum Gasteiger partial charge on any atom is 0.223 e. The van der Waals surface area contributed by atoms with Crippen LogP contribution in [-0.4, -0.2) is 16.9 Å². The van der Waals surface area contributed by atoms with E-state index in [9.17, 15) is 4.79 Å². The third kappa shape index (κ3) is 3.38. The molecule has 1 amide bonds. The van der Waals surface area contributed by atoms with Gasteiger partial charge in [0, 0.05) is 16.8 Å². The first kappa shape index (κ1) is 15.4. The molecular formula is C15H25N3OS. The number of carbonyl (C=O) groups is 1. The molecular weight excluding hydrogens is 270 g/mol. The molecule has 0 spiro atoms. The summed E-state index contributed by atoms with van der Waals surface area (Å²) < 4.78 is 0. The molecule has 112 valence electrons. The van der Waals surface area contributed by atoms with Crippen LogP contribution in [-0.2, 0) is 10.3 Å². The van der Waals surface area contributed by atoms with E-state index in [1.165, 1.54) is 4.88 Å². The molecule has 1 aliphatic rings. The molecule has 1 aromatic heterocycles. The lowest BCUT2D eigenvalue weighted by atomic mass is 9.85. The highest BCUT2D eigenvalue weighted by Crippen LogP contribution is 2.29. The quantitative estimate of drug-likeness (QED) is 0.900. The highest BCUT2D eigenvalue weighted by molar-refractivity contribution is 7.11. The third-order valence-corrected chi connectivity index (χ3v) is 5.48. The van der Waals surface area contributed by atoms with Crippen LogP contribution in [0, 0.1) is 19.8 Å². The van der Waals surface area contributed by atoms with Gasteiger partial charge in [-0.3, -0.25) is 4.79 Å². The van der Waals surface area contributed by atoms with E-state index in [2.05, 4.69) is 17.2 Å². The molecule has 2 rings (SSSR count). The molecule has 0 bridgehead atoms. The van der Waals surface area contributed by atoms with E-state index >= 15 is 0 Å². The molecule has 0 aromatic carbocycles. The van der Waals surface area contributed by atoms with Crippen molar-refractivity contribution in [1.29, 1.82) is 0 Å². The SMILES string of the molecule is Cc1nc(C(C)(C)NC(=O)C2CCCC(N)C2)sc1C. The monoisotopic (exact) mass is 295 g/mol. The number of amides is 1. The van der Waals surface area contributed by atoms with Crippen molar-refractivity contribution in [3.63, 3.8) is 0 Å². The Balaban J connectivity index is 2.05. The number of nitrogens with zero attached hydrogens (tertiary/aromatic N) is 1. The number of aryl methyl sites for hydroxylation is 2. The van der Waals surface area contributed by atoms with E-state index in [4.69, 9.17) is 5.73 Å². The largest absolute Gasteiger partial charge is 0.344 e. The first-order valence-corrected chi connectivity index (χ1v) is 8.13. The summed E-state index contributed by atoms with van der Waals surface area (Å²) in [5.74, 6) is 0.177. The molecule has 4 nitrogen and oxygen atoms in total. The number of nitrogens with one attached hydrogen (secondary N) is 1. The minimum absolute atomic E-state index is 0.0557. The van der Waals surface area contributed by atoms with Crippen molar-refractivity contribution in [2.45, 2.75) is 65.0 Å². The van der Waals surface area contributed by atoms with Gasteiger partial charge in [-0.1, -0.05) is 6.42 Å². The second-order valence-electron chi connectivity index (χ2n) is 6.40. The molecule has 1 aliphatic carbocycles. The van der Waals surface area contributed by atoms with Crippen molar-refractivity contribution in [3.05, 3.63) is 15.6 Å². The highest BCUT2D eigenvalue weighted by Gasteiger charge is 2.32. The molecule has 2 unspecified atom stereocenters. The van der Waals surface area contributed by atoms with E-state index in [1.807, 2.05) is 20.8 Å². The maximum atomic E-state index is 12.4. The number of aromatic nitrogens is 1. The Bertz CT molecular complexity index is 476. The first-order chi connectivity index (χ1) is 9.29. The Hall–Kier alpha value is -0.940. The molecule has 1 heterocycles. The van der Waals surface area contributed by atoms with Crippen LogP contribution in [0.2, 0.25) is 0 Å². The number of nitrogens with two attached hydrogens (primary N) is 1. The van der Waals surface area contributed by atoms with E-state index in [-0.39, 0.29) is 17.9 Å². The lowest BCUT2D eigenvalue weighted by Crippen LogP contribution is -2.46. The van der Waals surface area contributed by atoms with Crippen LogP contribution >= 0.6 is 11.3 Å². The van der Waals surface area contributed by atoms with Gasteiger partial charge < -0.3 is 11.1 Å². The van der Waals surface area contributed by atoms with Gasteiger partial charge >= 0.3 is 0 Å². The topological polar surface area (TPSA) is 68.0 Å². The fraction of sp³-hybridized carbons (Fsp3) is 0.733. The molecule has 0 saturated heterocycles. The highest BCUT2D eigenvalue weighted by atomic mass is 32.1. The van der Waals surface area contributed by atoms with Crippen molar-refractivity contribution >= 4 is 17.2 Å². The van der Waals surface area contributed by atoms with E-state index in [0.717, 1.165) is 36.4 Å². The summed E-state index contributed by atoms with van der Waals surface area (Å²) in [5, 5.41) is 4.13. The first-order valence-electron chi connectivity index (χ1n) is 7.31. The van der Waals surface area contributed by atoms with Crippen molar-refractivity contribution < 1.29 is 4.79 Å². The molecule has 3 N–H and O–H groups in total. The number of carbonyl (C=O) groups excluding carboxylic acids is 1. The zero-order valence-electron chi connectivity index (χ0n) is 12.8. The normalized spacial score (nSPS) is 23.6. The van der Waals surface area contributed by atoms with Crippen LogP contribution in [0.15, 0.2) is 0 Å². The van der Waals surface area contributed by atoms with Crippen LogP contribution in [0.1, 0.15) is 55.1 Å². The average molecular weight is 295 g/mol. The van der Waals surface area contributed by atoms with E-state index in [1.54, 1.807) is 11.3 Å². The molecule has 0 aliphatic heterocycles. The van der Waals surface area contributed by atoms with Crippen LogP contribution in [0.4, 0.5) is 0 Å². The molecule has 1 fully saturated rings.